The van der Waals surface area contributed by atoms with Gasteiger partial charge >= 0.3 is 0 Å². The summed E-state index contributed by atoms with van der Waals surface area (Å²) in [6.45, 7) is 2.29. The molecule has 0 unspecified atom stereocenters. The molecule has 4 nitrogen and oxygen atoms in total. The average Bonchev–Trinajstić information content (AvgIpc) is 2.42. The molecule has 0 spiro atoms. The third kappa shape index (κ3) is 0.531. The number of hydrogen-bond acceptors (Lipinski definition) is 4. The van der Waals surface area contributed by atoms with Gasteiger partial charge in [-0.3, -0.25) is 0 Å². The number of nitrogens with one attached hydrogen (secondary N) is 1. The fourth-order valence-electron chi connectivity index (χ4n) is 1.50. The van der Waals surface area contributed by atoms with Crippen LogP contribution >= 0.6 is 0 Å². The molecule has 0 aromatic carbocycles. The van der Waals surface area contributed by atoms with Crippen molar-refractivity contribution < 1.29 is 0 Å². The summed E-state index contributed by atoms with van der Waals surface area (Å²) < 4.78 is 0. The van der Waals surface area contributed by atoms with Gasteiger partial charge in [-0.25, -0.2) is 0 Å². The fourth-order valence-corrected chi connectivity index (χ4v) is 1.50. The zero-order valence-corrected chi connectivity index (χ0v) is 5.54. The number of fused-ring (bicyclic) bond motifs is 1. The highest BCUT2D eigenvalue weighted by Gasteiger charge is 2.46. The lowest BCUT2D eigenvalue weighted by Gasteiger charge is -2.11. The Hall–Kier alpha value is -0.950. The minimum atomic E-state index is -0.500. The van der Waals surface area contributed by atoms with Gasteiger partial charge in [0.05, 0.1) is 12.6 Å². The highest BCUT2D eigenvalue weighted by atomic mass is 15.2. The Labute approximate surface area is 58.9 Å². The van der Waals surface area contributed by atoms with E-state index < -0.39 is 5.54 Å². The van der Waals surface area contributed by atoms with Gasteiger partial charge in [-0.1, -0.05) is 0 Å². The lowest BCUT2D eigenvalue weighted by atomic mass is 9.91. The Morgan fingerprint density at radius 3 is 3.30 bits per heavy atom. The van der Waals surface area contributed by atoms with E-state index in [0.717, 1.165) is 13.1 Å². The molecule has 1 fully saturated rings. The van der Waals surface area contributed by atoms with E-state index >= 15 is 0 Å². The van der Waals surface area contributed by atoms with Crippen LogP contribution in [0.15, 0.2) is 10.2 Å². The lowest BCUT2D eigenvalue weighted by Crippen LogP contribution is -2.31. The molecule has 52 valence electrons. The standard InChI is InChI=1S/C6H8N4/c7-3-6-4-8-1-5(6)2-9-10-6/h5,8H,1-2,4H2/t5-,6-/m1/s1. The van der Waals surface area contributed by atoms with Crippen LogP contribution in [0.1, 0.15) is 0 Å². The lowest BCUT2D eigenvalue weighted by molar-refractivity contribution is 0.497. The van der Waals surface area contributed by atoms with Crippen molar-refractivity contribution in [2.24, 2.45) is 16.1 Å². The largest absolute Gasteiger partial charge is 0.313 e. The van der Waals surface area contributed by atoms with E-state index in [4.69, 9.17) is 5.26 Å². The number of nitriles is 1. The third-order valence-electron chi connectivity index (χ3n) is 2.21. The summed E-state index contributed by atoms with van der Waals surface area (Å²) in [6, 6.07) is 2.22. The van der Waals surface area contributed by atoms with E-state index in [9.17, 15) is 0 Å². The molecule has 0 aromatic heterocycles. The summed E-state index contributed by atoms with van der Waals surface area (Å²) in [4.78, 5) is 0. The predicted octanol–water partition coefficient (Wildman–Crippen LogP) is -0.0660. The zero-order valence-electron chi connectivity index (χ0n) is 5.54. The summed E-state index contributed by atoms with van der Waals surface area (Å²) in [6.07, 6.45) is 0. The molecule has 1 N–H and O–H groups in total. The molecule has 1 saturated heterocycles. The van der Waals surface area contributed by atoms with Crippen molar-refractivity contribution in [1.29, 1.82) is 5.26 Å². The highest BCUT2D eigenvalue weighted by molar-refractivity contribution is 5.18. The van der Waals surface area contributed by atoms with Crippen LogP contribution in [0.5, 0.6) is 0 Å². The molecule has 0 amide bonds. The van der Waals surface area contributed by atoms with Gasteiger partial charge in [0.1, 0.15) is 0 Å². The highest BCUT2D eigenvalue weighted by Crippen LogP contribution is 2.31. The Balaban J connectivity index is 2.33. The Bertz CT molecular complexity index is 216. The second kappa shape index (κ2) is 1.77. The van der Waals surface area contributed by atoms with Crippen molar-refractivity contribution in [2.75, 3.05) is 19.6 Å². The maximum absolute atomic E-state index is 8.78. The number of hydrogen-bond donors (Lipinski definition) is 1. The van der Waals surface area contributed by atoms with Gasteiger partial charge in [0.25, 0.3) is 0 Å². The summed E-state index contributed by atoms with van der Waals surface area (Å²) in [7, 11) is 0. The van der Waals surface area contributed by atoms with Crippen molar-refractivity contribution >= 4 is 0 Å². The Morgan fingerprint density at radius 2 is 2.60 bits per heavy atom. The summed E-state index contributed by atoms with van der Waals surface area (Å²) in [5.41, 5.74) is -0.500. The van der Waals surface area contributed by atoms with E-state index in [1.807, 2.05) is 0 Å². The molecular formula is C6H8N4. The van der Waals surface area contributed by atoms with E-state index in [-0.39, 0.29) is 0 Å². The number of azo groups is 1. The maximum atomic E-state index is 8.78. The van der Waals surface area contributed by atoms with Crippen molar-refractivity contribution in [1.82, 2.24) is 5.32 Å². The molecule has 0 aromatic rings. The fraction of sp³-hybridized carbons (Fsp3) is 0.833. The first-order valence-corrected chi connectivity index (χ1v) is 3.38. The third-order valence-corrected chi connectivity index (χ3v) is 2.21. The predicted molar refractivity (Wildman–Crippen MR) is 34.4 cm³/mol. The number of nitrogens with zero attached hydrogens (tertiary/aromatic N) is 3. The van der Waals surface area contributed by atoms with Gasteiger partial charge in [0.15, 0.2) is 5.54 Å². The van der Waals surface area contributed by atoms with Crippen LogP contribution in [0.4, 0.5) is 0 Å². The van der Waals surface area contributed by atoms with E-state index in [0.29, 0.717) is 12.5 Å². The van der Waals surface area contributed by atoms with Crippen molar-refractivity contribution in [3.63, 3.8) is 0 Å². The molecule has 0 radical (unpaired) electrons. The molecular weight excluding hydrogens is 128 g/mol. The monoisotopic (exact) mass is 136 g/mol. The minimum absolute atomic E-state index is 0.331. The number of rotatable bonds is 0. The topological polar surface area (TPSA) is 60.5 Å². The molecule has 2 aliphatic rings. The molecule has 2 aliphatic heterocycles. The molecule has 2 rings (SSSR count). The first kappa shape index (κ1) is 5.81. The van der Waals surface area contributed by atoms with Crippen molar-refractivity contribution in [3.8, 4) is 6.07 Å². The summed E-state index contributed by atoms with van der Waals surface area (Å²) in [5.74, 6) is 0.331. The van der Waals surface area contributed by atoms with E-state index in [2.05, 4.69) is 21.6 Å². The van der Waals surface area contributed by atoms with E-state index in [1.54, 1.807) is 0 Å². The zero-order chi connectivity index (χ0) is 7.03. The molecule has 0 saturated carbocycles. The van der Waals surface area contributed by atoms with Gasteiger partial charge in [-0.2, -0.15) is 15.5 Å². The molecule has 0 bridgehead atoms. The molecule has 4 heteroatoms. The van der Waals surface area contributed by atoms with E-state index in [1.165, 1.54) is 0 Å². The minimum Gasteiger partial charge on any atom is -0.313 e. The van der Waals surface area contributed by atoms with Gasteiger partial charge in [0.2, 0.25) is 0 Å². The summed E-state index contributed by atoms with van der Waals surface area (Å²) >= 11 is 0. The second-order valence-corrected chi connectivity index (χ2v) is 2.79. The van der Waals surface area contributed by atoms with Gasteiger partial charge < -0.3 is 5.32 Å². The van der Waals surface area contributed by atoms with Crippen LogP contribution in [0.3, 0.4) is 0 Å². The first-order valence-electron chi connectivity index (χ1n) is 3.38. The summed E-state index contributed by atoms with van der Waals surface area (Å²) in [5, 5.41) is 19.7. The van der Waals surface area contributed by atoms with Gasteiger partial charge in [-0.05, 0) is 0 Å². The smallest absolute Gasteiger partial charge is 0.185 e. The van der Waals surface area contributed by atoms with Crippen LogP contribution in [0, 0.1) is 17.2 Å². The quantitative estimate of drug-likeness (QED) is 0.507. The Morgan fingerprint density at radius 1 is 1.70 bits per heavy atom. The Kier molecular flexibility index (Phi) is 1.03. The van der Waals surface area contributed by atoms with Crippen LogP contribution in [-0.2, 0) is 0 Å². The van der Waals surface area contributed by atoms with Gasteiger partial charge in [-0.15, -0.1) is 0 Å². The van der Waals surface area contributed by atoms with Crippen LogP contribution in [0.2, 0.25) is 0 Å². The van der Waals surface area contributed by atoms with Crippen LogP contribution < -0.4 is 5.32 Å². The molecule has 2 heterocycles. The SMILES string of the molecule is N#C[C@@]12CNC[C@@H]1CN=N2. The van der Waals surface area contributed by atoms with Gasteiger partial charge in [0, 0.05) is 19.0 Å². The maximum Gasteiger partial charge on any atom is 0.185 e. The second-order valence-electron chi connectivity index (χ2n) is 2.79. The average molecular weight is 136 g/mol. The first-order chi connectivity index (χ1) is 4.87. The molecule has 10 heavy (non-hydrogen) atoms. The van der Waals surface area contributed by atoms with Crippen molar-refractivity contribution in [2.45, 2.75) is 5.54 Å². The van der Waals surface area contributed by atoms with Crippen LogP contribution in [-0.4, -0.2) is 25.2 Å². The normalized spacial score (nSPS) is 43.3. The van der Waals surface area contributed by atoms with Crippen LogP contribution in [0.25, 0.3) is 0 Å². The van der Waals surface area contributed by atoms with Crippen molar-refractivity contribution in [3.05, 3.63) is 0 Å². The molecule has 2 atom stereocenters. The molecule has 0 aliphatic carbocycles.